The van der Waals surface area contributed by atoms with E-state index in [1.165, 1.54) is 45.2 Å². The van der Waals surface area contributed by atoms with Crippen LogP contribution >= 0.6 is 45.3 Å². The van der Waals surface area contributed by atoms with E-state index in [0.717, 1.165) is 72.9 Å². The molecular weight excluding hydrogens is 1060 g/mol. The number of halogens is 1. The molecule has 0 aliphatic carbocycles. The van der Waals surface area contributed by atoms with Gasteiger partial charge in [-0.2, -0.15) is 5.10 Å². The summed E-state index contributed by atoms with van der Waals surface area (Å²) in [5, 5.41) is 15.3. The van der Waals surface area contributed by atoms with Gasteiger partial charge >= 0.3 is 17.9 Å². The molecule has 0 amide bonds. The van der Waals surface area contributed by atoms with Gasteiger partial charge in [0.05, 0.1) is 90.2 Å². The molecule has 0 bridgehead atoms. The van der Waals surface area contributed by atoms with Gasteiger partial charge in [0.2, 0.25) is 0 Å². The first-order valence-electron chi connectivity index (χ1n) is 24.6. The minimum Gasteiger partial charge on any atom is -0.461 e. The molecule has 10 rings (SSSR count). The van der Waals surface area contributed by atoms with Crippen molar-refractivity contribution in [3.05, 3.63) is 129 Å². The number of Topliss-reactive ketones (excluding diaryl/α,β-unsaturated/α-hetero) is 1. The van der Waals surface area contributed by atoms with Crippen LogP contribution in [0.1, 0.15) is 129 Å². The summed E-state index contributed by atoms with van der Waals surface area (Å²) < 4.78 is 41.3. The lowest BCUT2D eigenvalue weighted by molar-refractivity contribution is 0.0501. The van der Waals surface area contributed by atoms with E-state index in [1.807, 2.05) is 64.6 Å². The molecule has 1 aromatic carbocycles. The van der Waals surface area contributed by atoms with Crippen molar-refractivity contribution in [3.8, 4) is 0 Å². The fourth-order valence-electron chi connectivity index (χ4n) is 9.39. The summed E-state index contributed by atoms with van der Waals surface area (Å²) in [6, 6.07) is 14.5. The lowest BCUT2D eigenvalue weighted by atomic mass is 10.1. The Bertz CT molecular complexity index is 3980. The molecule has 77 heavy (non-hydrogen) atoms. The maximum Gasteiger partial charge on any atom is 0.355 e. The van der Waals surface area contributed by atoms with Crippen molar-refractivity contribution in [2.45, 2.75) is 81.9 Å². The molecule has 0 fully saturated rings. The molecular formula is C56H61FN6O10S4. The first-order valence-corrected chi connectivity index (χ1v) is 27.9. The number of aromatic nitrogens is 6. The summed E-state index contributed by atoms with van der Waals surface area (Å²) in [5.74, 6) is -1.70. The molecule has 1 N–H and O–H groups in total. The Morgan fingerprint density at radius 3 is 1.62 bits per heavy atom. The number of aryl methyl sites for hydroxylation is 9. The number of aldehydes is 1. The Morgan fingerprint density at radius 1 is 0.662 bits per heavy atom. The van der Waals surface area contributed by atoms with Crippen molar-refractivity contribution >= 4 is 127 Å². The minimum atomic E-state index is -0.689. The predicted molar refractivity (Wildman–Crippen MR) is 306 cm³/mol. The number of aliphatic hydroxyl groups is 1. The van der Waals surface area contributed by atoms with E-state index in [1.54, 1.807) is 96.4 Å². The standard InChI is InChI=1S/C18H16FN3OS.C13H17NO3S.C13H15NO3S.C12H13NO3S/c1-10-8-14-17(24-10)15-11(2)20-22(18(23)16(15)21(14)3)9-12-6-4-5-7-13(12)19;2*1-5-17-13(16)11-10(8(3)15)12-9(14(11)4)6-7(2)18-12;1-4-16-12(15)10-8(6-14)11-9(13(10)3)5-7(2)17-11/h4-8H,9H2,1-3H3;6,8,15H,5H2,1-4H3;6H,5H2,1-4H3;5-6H,4H2,1-3H3. The molecule has 0 aliphatic heterocycles. The molecule has 16 nitrogen and oxygen atoms in total. The number of fused-ring (bicyclic) bond motifs is 6. The van der Waals surface area contributed by atoms with Gasteiger partial charge in [0.1, 0.15) is 28.4 Å². The third kappa shape index (κ3) is 11.1. The van der Waals surface area contributed by atoms with E-state index >= 15 is 0 Å². The number of ketones is 1. The van der Waals surface area contributed by atoms with Crippen molar-refractivity contribution in [3.63, 3.8) is 0 Å². The first-order chi connectivity index (χ1) is 36.5. The molecule has 9 aromatic heterocycles. The normalized spacial score (nSPS) is 11.6. The second-order valence-corrected chi connectivity index (χ2v) is 23.2. The highest BCUT2D eigenvalue weighted by Gasteiger charge is 2.28. The van der Waals surface area contributed by atoms with Crippen LogP contribution in [0.4, 0.5) is 4.39 Å². The van der Waals surface area contributed by atoms with Gasteiger partial charge in [-0.1, -0.05) is 18.2 Å². The van der Waals surface area contributed by atoms with Gasteiger partial charge < -0.3 is 37.6 Å². The van der Waals surface area contributed by atoms with Crippen molar-refractivity contribution in [1.82, 2.24) is 28.0 Å². The number of hydrogen-bond donors (Lipinski definition) is 1. The number of aliphatic hydroxyl groups excluding tert-OH is 1. The molecule has 0 spiro atoms. The minimum absolute atomic E-state index is 0.106. The number of carbonyl (C=O) groups is 5. The van der Waals surface area contributed by atoms with Crippen LogP contribution in [0.3, 0.4) is 0 Å². The lowest BCUT2D eigenvalue weighted by Gasteiger charge is -2.09. The zero-order valence-corrected chi connectivity index (χ0v) is 48.7. The Kier molecular flexibility index (Phi) is 17.7. The summed E-state index contributed by atoms with van der Waals surface area (Å²) in [7, 11) is 7.28. The number of rotatable bonds is 11. The van der Waals surface area contributed by atoms with E-state index in [-0.39, 0.29) is 29.7 Å². The predicted octanol–water partition coefficient (Wildman–Crippen LogP) is 12.0. The molecule has 0 saturated carbocycles. The van der Waals surface area contributed by atoms with Gasteiger partial charge in [-0.25, -0.2) is 23.5 Å². The maximum atomic E-state index is 13.9. The molecule has 1 unspecified atom stereocenters. The molecule has 10 aromatic rings. The summed E-state index contributed by atoms with van der Waals surface area (Å²) in [6.07, 6.45) is 0.0380. The highest BCUT2D eigenvalue weighted by molar-refractivity contribution is 7.20. The van der Waals surface area contributed by atoms with Crippen molar-refractivity contribution in [2.75, 3.05) is 19.8 Å². The number of carbonyl (C=O) groups excluding carboxylic acids is 5. The third-order valence-corrected chi connectivity index (χ3v) is 17.0. The fraction of sp³-hybridized carbons (Fsp3) is 0.339. The van der Waals surface area contributed by atoms with Crippen LogP contribution in [-0.4, -0.2) is 83.0 Å². The summed E-state index contributed by atoms with van der Waals surface area (Å²) in [5.41, 5.74) is 8.21. The van der Waals surface area contributed by atoms with Crippen LogP contribution in [0.25, 0.3) is 51.8 Å². The fourth-order valence-corrected chi connectivity index (χ4v) is 13.9. The smallest absolute Gasteiger partial charge is 0.355 e. The maximum absolute atomic E-state index is 13.9. The number of esters is 3. The highest BCUT2D eigenvalue weighted by Crippen LogP contribution is 2.38. The van der Waals surface area contributed by atoms with Crippen molar-refractivity contribution in [1.29, 1.82) is 0 Å². The Morgan fingerprint density at radius 2 is 1.10 bits per heavy atom. The second-order valence-electron chi connectivity index (χ2n) is 18.1. The topological polar surface area (TPSA) is 188 Å². The third-order valence-electron chi connectivity index (χ3n) is 12.7. The van der Waals surface area contributed by atoms with Crippen LogP contribution in [0, 0.1) is 40.4 Å². The molecule has 0 saturated heterocycles. The van der Waals surface area contributed by atoms with Gasteiger partial charge in [-0.05, 0) is 99.6 Å². The quantitative estimate of drug-likeness (QED) is 0.0562. The summed E-state index contributed by atoms with van der Waals surface area (Å²) >= 11 is 6.30. The van der Waals surface area contributed by atoms with Crippen LogP contribution in [0.15, 0.2) is 53.3 Å². The number of benzene rings is 1. The van der Waals surface area contributed by atoms with E-state index in [2.05, 4.69) is 18.1 Å². The van der Waals surface area contributed by atoms with Crippen molar-refractivity contribution < 1.29 is 47.7 Å². The number of hydrogen-bond acceptors (Lipinski definition) is 15. The van der Waals surface area contributed by atoms with Crippen LogP contribution in [-0.2, 0) is 48.9 Å². The highest BCUT2D eigenvalue weighted by atomic mass is 32.1. The molecule has 0 radical (unpaired) electrons. The second kappa shape index (κ2) is 23.7. The van der Waals surface area contributed by atoms with E-state index in [4.69, 9.17) is 14.2 Å². The van der Waals surface area contributed by atoms with Crippen molar-refractivity contribution in [2.24, 2.45) is 28.2 Å². The average molecular weight is 1130 g/mol. The van der Waals surface area contributed by atoms with Crippen LogP contribution < -0.4 is 5.56 Å². The summed E-state index contributed by atoms with van der Waals surface area (Å²) in [4.78, 5) is 76.2. The SMILES string of the molecule is CCOC(=O)c1c(C(C)=O)c2sc(C)cc2n1C.CCOC(=O)c1c(C(C)O)c2sc(C)cc2n1C.CCOC(=O)c1c(C=O)c2sc(C)cc2n1C.Cc1cc2c(s1)c1c(C)nn(Cc3ccccc3F)c(=O)c1n2C. The Balaban J connectivity index is 0.000000151. The average Bonchev–Trinajstić information content (AvgIpc) is 4.26. The largest absolute Gasteiger partial charge is 0.461 e. The van der Waals surface area contributed by atoms with E-state index < -0.39 is 18.0 Å². The van der Waals surface area contributed by atoms with Gasteiger partial charge in [-0.3, -0.25) is 14.4 Å². The molecule has 0 aliphatic rings. The number of nitrogens with zero attached hydrogens (tertiary/aromatic N) is 6. The molecule has 406 valence electrons. The first kappa shape index (κ1) is 57.7. The molecule has 1 atom stereocenters. The Hall–Kier alpha value is -7.04. The zero-order chi connectivity index (χ0) is 56.5. The van der Waals surface area contributed by atoms with E-state index in [9.17, 15) is 38.3 Å². The Labute approximate surface area is 459 Å². The van der Waals surface area contributed by atoms with Gasteiger partial charge in [0.15, 0.2) is 12.1 Å². The monoisotopic (exact) mass is 1120 g/mol. The zero-order valence-electron chi connectivity index (χ0n) is 45.4. The number of thiophene rings is 4. The summed E-state index contributed by atoms with van der Waals surface area (Å²) in [6.45, 7) is 19.4. The number of ether oxygens (including phenoxy) is 3. The van der Waals surface area contributed by atoms with E-state index in [0.29, 0.717) is 64.7 Å². The van der Waals surface area contributed by atoms with Gasteiger partial charge in [-0.15, -0.1) is 45.3 Å². The lowest BCUT2D eigenvalue weighted by Crippen LogP contribution is -2.26. The molecule has 21 heteroatoms. The molecule has 9 heterocycles. The van der Waals surface area contributed by atoms with Crippen LogP contribution in [0.5, 0.6) is 0 Å². The van der Waals surface area contributed by atoms with Gasteiger partial charge in [0.25, 0.3) is 5.56 Å². The van der Waals surface area contributed by atoms with Crippen LogP contribution in [0.2, 0.25) is 0 Å². The van der Waals surface area contributed by atoms with Gasteiger partial charge in [0, 0.05) is 64.2 Å².